The van der Waals surface area contributed by atoms with Crippen LogP contribution in [0.25, 0.3) is 20.9 Å². The Morgan fingerprint density at radius 3 is 2.68 bits per heavy atom. The predicted octanol–water partition coefficient (Wildman–Crippen LogP) is 5.07. The highest BCUT2D eigenvalue weighted by atomic mass is 32.1. The van der Waals surface area contributed by atoms with E-state index in [-0.39, 0.29) is 5.91 Å². The van der Waals surface area contributed by atoms with Crippen LogP contribution in [0.15, 0.2) is 66.9 Å². The van der Waals surface area contributed by atoms with Gasteiger partial charge in [0.25, 0.3) is 5.91 Å². The molecule has 2 aromatic carbocycles. The van der Waals surface area contributed by atoms with Crippen molar-refractivity contribution in [3.05, 3.63) is 72.4 Å². The largest absolute Gasteiger partial charge is 0.481 e. The lowest BCUT2D eigenvalue weighted by Crippen LogP contribution is -2.30. The Kier molecular flexibility index (Phi) is 5.04. The Hall–Kier alpha value is -3.25. The van der Waals surface area contributed by atoms with Crippen LogP contribution in [-0.4, -0.2) is 22.0 Å². The number of rotatable bonds is 5. The van der Waals surface area contributed by atoms with Gasteiger partial charge in [0.2, 0.25) is 0 Å². The number of carbonyl (C=O) groups is 1. The van der Waals surface area contributed by atoms with Gasteiger partial charge >= 0.3 is 0 Å². The van der Waals surface area contributed by atoms with Crippen molar-refractivity contribution in [1.82, 2.24) is 9.97 Å². The summed E-state index contributed by atoms with van der Waals surface area (Å²) in [6.07, 6.45) is 1.15. The van der Waals surface area contributed by atoms with Crippen LogP contribution in [0, 0.1) is 6.92 Å². The van der Waals surface area contributed by atoms with Gasteiger partial charge in [0.1, 0.15) is 21.1 Å². The summed E-state index contributed by atoms with van der Waals surface area (Å²) < 4.78 is 5.71. The van der Waals surface area contributed by atoms with Crippen molar-refractivity contribution in [3.8, 4) is 16.3 Å². The molecule has 4 aromatic rings. The fraction of sp³-hybridized carbons (Fsp3) is 0.136. The number of hydrogen-bond donors (Lipinski definition) is 1. The van der Waals surface area contributed by atoms with Gasteiger partial charge in [-0.25, -0.2) is 9.97 Å². The Bertz CT molecular complexity index is 1090. The van der Waals surface area contributed by atoms with E-state index in [0.29, 0.717) is 5.75 Å². The van der Waals surface area contributed by atoms with E-state index in [1.807, 2.05) is 67.6 Å². The van der Waals surface area contributed by atoms with E-state index < -0.39 is 6.10 Å². The van der Waals surface area contributed by atoms with Crippen molar-refractivity contribution >= 4 is 33.3 Å². The van der Waals surface area contributed by atoms with Crippen molar-refractivity contribution in [3.63, 3.8) is 0 Å². The lowest BCUT2D eigenvalue weighted by Gasteiger charge is -2.16. The molecule has 1 unspecified atom stereocenters. The van der Waals surface area contributed by atoms with Crippen molar-refractivity contribution in [2.24, 2.45) is 0 Å². The van der Waals surface area contributed by atoms with Crippen LogP contribution in [0.4, 0.5) is 5.69 Å². The Balaban J connectivity index is 1.55. The number of benzene rings is 2. The zero-order valence-electron chi connectivity index (χ0n) is 15.5. The molecule has 0 aliphatic carbocycles. The van der Waals surface area contributed by atoms with Crippen LogP contribution in [-0.2, 0) is 4.79 Å². The van der Waals surface area contributed by atoms with Gasteiger partial charge in [0, 0.05) is 17.4 Å². The standard InChI is InChI=1S/C22H19N3O2S/c1-14-17(21-25-19-12-7-13-23-22(19)28-21)10-6-11-18(14)24-20(26)15(2)27-16-8-4-3-5-9-16/h3-13,15H,1-2H3,(H,24,26). The number of fused-ring (bicyclic) bond motifs is 1. The van der Waals surface area contributed by atoms with Crippen molar-refractivity contribution < 1.29 is 9.53 Å². The SMILES string of the molecule is Cc1c(NC(=O)C(C)Oc2ccccc2)cccc1-c1nc2cccnc2s1. The average Bonchev–Trinajstić information content (AvgIpc) is 3.14. The number of amides is 1. The van der Waals surface area contributed by atoms with E-state index in [1.54, 1.807) is 24.5 Å². The number of para-hydroxylation sites is 1. The molecule has 0 aliphatic heterocycles. The fourth-order valence-corrected chi connectivity index (χ4v) is 3.87. The molecule has 1 N–H and O–H groups in total. The number of thiazole rings is 1. The van der Waals surface area contributed by atoms with E-state index in [9.17, 15) is 4.79 Å². The highest BCUT2D eigenvalue weighted by Gasteiger charge is 2.17. The molecule has 0 saturated carbocycles. The van der Waals surface area contributed by atoms with Crippen molar-refractivity contribution in [2.45, 2.75) is 20.0 Å². The predicted molar refractivity (Wildman–Crippen MR) is 113 cm³/mol. The minimum atomic E-state index is -0.614. The number of carbonyl (C=O) groups excluding carboxylic acids is 1. The van der Waals surface area contributed by atoms with Crippen LogP contribution in [0.3, 0.4) is 0 Å². The first-order valence-corrected chi connectivity index (χ1v) is 9.77. The number of anilines is 1. The third kappa shape index (κ3) is 3.73. The van der Waals surface area contributed by atoms with Gasteiger partial charge in [-0.1, -0.05) is 41.7 Å². The van der Waals surface area contributed by atoms with E-state index >= 15 is 0 Å². The lowest BCUT2D eigenvalue weighted by atomic mass is 10.1. The maximum absolute atomic E-state index is 12.6. The molecular weight excluding hydrogens is 370 g/mol. The van der Waals surface area contributed by atoms with Crippen LogP contribution in [0.1, 0.15) is 12.5 Å². The second kappa shape index (κ2) is 7.78. The van der Waals surface area contributed by atoms with Crippen LogP contribution in [0.2, 0.25) is 0 Å². The summed E-state index contributed by atoms with van der Waals surface area (Å²) in [5.41, 5.74) is 3.57. The molecule has 0 saturated heterocycles. The molecule has 0 radical (unpaired) electrons. The molecular formula is C22H19N3O2S. The van der Waals surface area contributed by atoms with Gasteiger partial charge in [0.15, 0.2) is 6.10 Å². The van der Waals surface area contributed by atoms with Gasteiger partial charge in [-0.05, 0) is 49.7 Å². The third-order valence-electron chi connectivity index (χ3n) is 4.41. The third-order valence-corrected chi connectivity index (χ3v) is 5.43. The second-order valence-corrected chi connectivity index (χ2v) is 7.36. The summed E-state index contributed by atoms with van der Waals surface area (Å²) in [7, 11) is 0. The highest BCUT2D eigenvalue weighted by Crippen LogP contribution is 2.33. The van der Waals surface area contributed by atoms with E-state index in [4.69, 9.17) is 4.74 Å². The van der Waals surface area contributed by atoms with Crippen LogP contribution >= 0.6 is 11.3 Å². The lowest BCUT2D eigenvalue weighted by molar-refractivity contribution is -0.122. The smallest absolute Gasteiger partial charge is 0.265 e. The maximum atomic E-state index is 12.6. The molecule has 0 bridgehead atoms. The molecule has 28 heavy (non-hydrogen) atoms. The first-order chi connectivity index (χ1) is 13.6. The normalized spacial score (nSPS) is 11.9. The minimum absolute atomic E-state index is 0.199. The number of nitrogens with zero attached hydrogens (tertiary/aromatic N) is 2. The molecule has 0 aliphatic rings. The monoisotopic (exact) mass is 389 g/mol. The number of pyridine rings is 1. The highest BCUT2D eigenvalue weighted by molar-refractivity contribution is 7.21. The summed E-state index contributed by atoms with van der Waals surface area (Å²) in [6.45, 7) is 3.72. The number of aromatic nitrogens is 2. The van der Waals surface area contributed by atoms with Crippen molar-refractivity contribution in [1.29, 1.82) is 0 Å². The Labute approximate surface area is 167 Å². The quantitative estimate of drug-likeness (QED) is 0.517. The molecule has 2 heterocycles. The van der Waals surface area contributed by atoms with Crippen molar-refractivity contribution in [2.75, 3.05) is 5.32 Å². The molecule has 5 nitrogen and oxygen atoms in total. The van der Waals surface area contributed by atoms with E-state index in [0.717, 1.165) is 32.2 Å². The maximum Gasteiger partial charge on any atom is 0.265 e. The Morgan fingerprint density at radius 1 is 1.07 bits per heavy atom. The van der Waals surface area contributed by atoms with Gasteiger partial charge in [-0.3, -0.25) is 4.79 Å². The number of ether oxygens (including phenoxy) is 1. The van der Waals surface area contributed by atoms with Crippen LogP contribution in [0.5, 0.6) is 5.75 Å². The number of hydrogen-bond acceptors (Lipinski definition) is 5. The van der Waals surface area contributed by atoms with E-state index in [1.165, 1.54) is 0 Å². The molecule has 140 valence electrons. The molecule has 6 heteroatoms. The minimum Gasteiger partial charge on any atom is -0.481 e. The molecule has 0 spiro atoms. The zero-order chi connectivity index (χ0) is 19.5. The molecule has 0 fully saturated rings. The van der Waals surface area contributed by atoms with Gasteiger partial charge in [-0.2, -0.15) is 0 Å². The topological polar surface area (TPSA) is 64.1 Å². The number of nitrogens with one attached hydrogen (secondary N) is 1. The summed E-state index contributed by atoms with van der Waals surface area (Å²) in [6, 6.07) is 19.0. The Morgan fingerprint density at radius 2 is 1.89 bits per heavy atom. The molecule has 1 amide bonds. The first-order valence-electron chi connectivity index (χ1n) is 8.96. The second-order valence-electron chi connectivity index (χ2n) is 6.39. The average molecular weight is 389 g/mol. The molecule has 1 atom stereocenters. The molecule has 4 rings (SSSR count). The van der Waals surface area contributed by atoms with Gasteiger partial charge in [0.05, 0.1) is 0 Å². The summed E-state index contributed by atoms with van der Waals surface area (Å²) in [4.78, 5) is 22.5. The first kappa shape index (κ1) is 18.1. The fourth-order valence-electron chi connectivity index (χ4n) is 2.88. The molecule has 2 aromatic heterocycles. The summed E-state index contributed by atoms with van der Waals surface area (Å²) in [5, 5.41) is 3.86. The van der Waals surface area contributed by atoms with Gasteiger partial charge in [-0.15, -0.1) is 0 Å². The van der Waals surface area contributed by atoms with Crippen LogP contribution < -0.4 is 10.1 Å². The zero-order valence-corrected chi connectivity index (χ0v) is 16.4. The van der Waals surface area contributed by atoms with E-state index in [2.05, 4.69) is 15.3 Å². The summed E-state index contributed by atoms with van der Waals surface area (Å²) in [5.74, 6) is 0.465. The summed E-state index contributed by atoms with van der Waals surface area (Å²) >= 11 is 1.54. The van der Waals surface area contributed by atoms with Gasteiger partial charge < -0.3 is 10.1 Å².